The molecule has 0 aliphatic carbocycles. The predicted octanol–water partition coefficient (Wildman–Crippen LogP) is 7.82. The van der Waals surface area contributed by atoms with Crippen molar-refractivity contribution in [3.63, 3.8) is 0 Å². The van der Waals surface area contributed by atoms with Crippen molar-refractivity contribution in [3.05, 3.63) is 142 Å². The number of phenols is 2. The van der Waals surface area contributed by atoms with Crippen molar-refractivity contribution in [1.82, 2.24) is 0 Å². The molecule has 62 heavy (non-hydrogen) atoms. The largest absolute Gasteiger partial charge is 0.504 e. The van der Waals surface area contributed by atoms with Gasteiger partial charge in [-0.25, -0.2) is 8.78 Å². The quantitative estimate of drug-likeness (QED) is 0.0448. The first kappa shape index (κ1) is 44.9. The number of carbonyl (C=O) groups is 6. The summed E-state index contributed by atoms with van der Waals surface area (Å²) in [6, 6.07) is 23.5. The number of ketones is 3. The van der Waals surface area contributed by atoms with Crippen molar-refractivity contribution in [1.29, 1.82) is 5.26 Å². The fourth-order valence-electron chi connectivity index (χ4n) is 6.13. The Morgan fingerprint density at radius 3 is 1.84 bits per heavy atom. The average molecular weight is 845 g/mol. The van der Waals surface area contributed by atoms with E-state index in [-0.39, 0.29) is 70.1 Å². The first-order valence-electron chi connectivity index (χ1n) is 18.6. The minimum Gasteiger partial charge on any atom is -0.504 e. The van der Waals surface area contributed by atoms with Gasteiger partial charge >= 0.3 is 0 Å². The first-order valence-corrected chi connectivity index (χ1v) is 18.6. The summed E-state index contributed by atoms with van der Waals surface area (Å²) in [5.41, 5.74) is 1.04. The maximum absolute atomic E-state index is 14.5. The molecule has 5 N–H and O–H groups in total. The van der Waals surface area contributed by atoms with Crippen molar-refractivity contribution in [2.75, 3.05) is 30.2 Å². The highest BCUT2D eigenvalue weighted by Crippen LogP contribution is 2.40. The third-order valence-electron chi connectivity index (χ3n) is 9.42. The Kier molecular flexibility index (Phi) is 14.6. The van der Waals surface area contributed by atoms with Gasteiger partial charge in [-0.05, 0) is 84.8 Å². The molecule has 14 nitrogen and oxygen atoms in total. The van der Waals surface area contributed by atoms with Crippen molar-refractivity contribution < 1.29 is 57.2 Å². The Labute approximate surface area is 353 Å². The summed E-state index contributed by atoms with van der Waals surface area (Å²) in [7, 11) is 2.44. The van der Waals surface area contributed by atoms with Gasteiger partial charge in [-0.1, -0.05) is 36.4 Å². The highest BCUT2D eigenvalue weighted by atomic mass is 19.1. The van der Waals surface area contributed by atoms with Crippen LogP contribution >= 0.6 is 0 Å². The molecule has 0 aromatic heterocycles. The number of methoxy groups -OCH3 is 2. The summed E-state index contributed by atoms with van der Waals surface area (Å²) >= 11 is 0. The van der Waals surface area contributed by atoms with Gasteiger partial charge in [0.2, 0.25) is 5.91 Å². The lowest BCUT2D eigenvalue weighted by atomic mass is 9.94. The van der Waals surface area contributed by atoms with E-state index >= 15 is 0 Å². The molecule has 5 aromatic carbocycles. The molecule has 0 fully saturated rings. The standard InChI is InChI=1S/C46H38F2N4O10/c1-25(53)33-16-18-37(42(61-2)40(33)56)52-46(60)34-17-19-36(43(62-3)41(34)57)51-44(58)29-10-14-32(15-11-29)50-45(59)30(20-21-49)24-38(54)28-8-4-27(5-9-28)23-39(55)35(48)22-26-6-12-31(47)13-7-26/h4-19,22,30,56-57H,20,23-24H2,1-3H3,(H,50,59)(H,51,58)(H,52,60)/b35-22-/t30-/m1/s1. The Morgan fingerprint density at radius 1 is 0.726 bits per heavy atom. The number of Topliss-reactive ketones (excluding diaryl/α,β-unsaturated/α-hetero) is 3. The normalized spacial score (nSPS) is 11.4. The van der Waals surface area contributed by atoms with E-state index in [4.69, 9.17) is 9.47 Å². The Hall–Kier alpha value is -8.19. The number of hydrogen-bond acceptors (Lipinski definition) is 11. The number of benzene rings is 5. The summed E-state index contributed by atoms with van der Waals surface area (Å²) in [4.78, 5) is 76.9. The highest BCUT2D eigenvalue weighted by molar-refractivity contribution is 6.10. The van der Waals surface area contributed by atoms with Crippen LogP contribution in [-0.2, 0) is 16.0 Å². The Bertz CT molecular complexity index is 2620. The van der Waals surface area contributed by atoms with Gasteiger partial charge < -0.3 is 35.6 Å². The number of halogens is 2. The van der Waals surface area contributed by atoms with Crippen LogP contribution in [0.2, 0.25) is 0 Å². The lowest BCUT2D eigenvalue weighted by molar-refractivity contribution is -0.119. The molecule has 0 aliphatic heterocycles. The van der Waals surface area contributed by atoms with E-state index in [0.717, 1.165) is 18.2 Å². The number of amides is 3. The summed E-state index contributed by atoms with van der Waals surface area (Å²) in [6.45, 7) is 1.25. The van der Waals surface area contributed by atoms with Gasteiger partial charge in [0.25, 0.3) is 11.8 Å². The number of nitrogens with zero attached hydrogens (tertiary/aromatic N) is 1. The van der Waals surface area contributed by atoms with Crippen LogP contribution in [0.1, 0.15) is 72.3 Å². The van der Waals surface area contributed by atoms with E-state index in [2.05, 4.69) is 16.0 Å². The number of ether oxygens (including phenoxy) is 2. The zero-order valence-electron chi connectivity index (χ0n) is 33.4. The maximum atomic E-state index is 14.5. The minimum atomic E-state index is -1.05. The van der Waals surface area contributed by atoms with E-state index < -0.39 is 64.1 Å². The Balaban J connectivity index is 1.18. The molecule has 3 amide bonds. The van der Waals surface area contributed by atoms with Crippen molar-refractivity contribution in [2.24, 2.45) is 5.92 Å². The minimum absolute atomic E-state index is 0.00155. The third-order valence-corrected chi connectivity index (χ3v) is 9.42. The zero-order valence-corrected chi connectivity index (χ0v) is 33.4. The average Bonchev–Trinajstić information content (AvgIpc) is 3.24. The van der Waals surface area contributed by atoms with Crippen LogP contribution in [0.25, 0.3) is 6.08 Å². The molecule has 0 saturated carbocycles. The molecule has 0 radical (unpaired) electrons. The summed E-state index contributed by atoms with van der Waals surface area (Å²) in [6.07, 6.45) is 0.0909. The van der Waals surface area contributed by atoms with Gasteiger partial charge in [-0.2, -0.15) is 5.26 Å². The molecular weight excluding hydrogens is 807 g/mol. The van der Waals surface area contributed by atoms with Crippen LogP contribution < -0.4 is 25.4 Å². The van der Waals surface area contributed by atoms with E-state index in [1.807, 2.05) is 6.07 Å². The van der Waals surface area contributed by atoms with Crippen LogP contribution in [-0.4, -0.2) is 59.5 Å². The number of hydrogen-bond donors (Lipinski definition) is 5. The van der Waals surface area contributed by atoms with Crippen molar-refractivity contribution in [2.45, 2.75) is 26.2 Å². The fourth-order valence-corrected chi connectivity index (χ4v) is 6.13. The summed E-state index contributed by atoms with van der Waals surface area (Å²) in [5, 5.41) is 38.5. The van der Waals surface area contributed by atoms with Gasteiger partial charge in [0.1, 0.15) is 5.82 Å². The smallest absolute Gasteiger partial charge is 0.259 e. The Morgan fingerprint density at radius 2 is 1.27 bits per heavy atom. The van der Waals surface area contributed by atoms with Crippen LogP contribution in [0.15, 0.2) is 103 Å². The second-order valence-electron chi connectivity index (χ2n) is 13.6. The van der Waals surface area contributed by atoms with Gasteiger partial charge in [0, 0.05) is 36.1 Å². The molecule has 5 rings (SSSR count). The zero-order chi connectivity index (χ0) is 45.1. The number of nitrogens with one attached hydrogen (secondary N) is 3. The predicted molar refractivity (Wildman–Crippen MR) is 224 cm³/mol. The van der Waals surface area contributed by atoms with Gasteiger partial charge in [0.15, 0.2) is 46.2 Å². The molecule has 0 heterocycles. The second kappa shape index (κ2) is 20.2. The number of aromatic hydroxyl groups is 2. The molecule has 0 spiro atoms. The molecule has 16 heteroatoms. The number of phenolic OH excluding ortho intramolecular Hbond substituents is 2. The van der Waals surface area contributed by atoms with E-state index in [0.29, 0.717) is 11.1 Å². The van der Waals surface area contributed by atoms with Gasteiger partial charge in [-0.15, -0.1) is 0 Å². The molecule has 0 unspecified atom stereocenters. The molecule has 5 aromatic rings. The lowest BCUT2D eigenvalue weighted by Crippen LogP contribution is -2.25. The van der Waals surface area contributed by atoms with Crippen molar-refractivity contribution in [3.8, 4) is 29.1 Å². The SMILES string of the molecule is COc1c(NC(=O)c2ccc(NC(=O)c3ccc(NC(=O)[C@H](CC#N)CC(=O)c4ccc(CC(=O)/C(F)=C/c5ccc(F)cc5)cc4)cc3)c(OC)c2O)ccc(C(C)=O)c1O. The highest BCUT2D eigenvalue weighted by Gasteiger charge is 2.25. The van der Waals surface area contributed by atoms with E-state index in [9.17, 15) is 53.0 Å². The monoisotopic (exact) mass is 844 g/mol. The summed E-state index contributed by atoms with van der Waals surface area (Å²) < 4.78 is 38.1. The number of nitriles is 1. The topological polar surface area (TPSA) is 221 Å². The molecular formula is C46H38F2N4O10. The maximum Gasteiger partial charge on any atom is 0.259 e. The lowest BCUT2D eigenvalue weighted by Gasteiger charge is -2.16. The van der Waals surface area contributed by atoms with Crippen LogP contribution in [0.5, 0.6) is 23.0 Å². The van der Waals surface area contributed by atoms with Crippen LogP contribution in [0, 0.1) is 23.1 Å². The molecule has 316 valence electrons. The number of carbonyl (C=O) groups excluding carboxylic acids is 6. The molecule has 1 atom stereocenters. The van der Waals surface area contributed by atoms with Crippen LogP contribution in [0.3, 0.4) is 0 Å². The molecule has 0 saturated heterocycles. The second-order valence-corrected chi connectivity index (χ2v) is 13.6. The van der Waals surface area contributed by atoms with E-state index in [1.54, 1.807) is 0 Å². The van der Waals surface area contributed by atoms with Crippen molar-refractivity contribution >= 4 is 58.2 Å². The van der Waals surface area contributed by atoms with Gasteiger partial charge in [-0.3, -0.25) is 28.8 Å². The molecule has 0 aliphatic rings. The molecule has 0 bridgehead atoms. The number of rotatable bonds is 17. The van der Waals surface area contributed by atoms with Gasteiger partial charge in [0.05, 0.1) is 48.7 Å². The number of anilines is 3. The third kappa shape index (κ3) is 10.9. The first-order chi connectivity index (χ1) is 29.6. The number of allylic oxidation sites excluding steroid dienone is 1. The summed E-state index contributed by atoms with van der Waals surface area (Å²) in [5.74, 6) is -7.90. The van der Waals surface area contributed by atoms with E-state index in [1.165, 1.54) is 106 Å². The fraction of sp³-hybridized carbons (Fsp3) is 0.152. The van der Waals surface area contributed by atoms with Crippen LogP contribution in [0.4, 0.5) is 25.8 Å².